The predicted molar refractivity (Wildman–Crippen MR) is 89.0 cm³/mol. The van der Waals surface area contributed by atoms with Crippen LogP contribution < -0.4 is 5.32 Å². The molecule has 0 unspecified atom stereocenters. The number of amides is 1. The molecule has 2 N–H and O–H groups in total. The topological polar surface area (TPSA) is 80.0 Å². The van der Waals surface area contributed by atoms with Crippen LogP contribution in [-0.2, 0) is 6.42 Å². The first-order chi connectivity index (χ1) is 12.0. The number of hydrogen-bond donors (Lipinski definition) is 2. The Balaban J connectivity index is 1.70. The third kappa shape index (κ3) is 2.72. The summed E-state index contributed by atoms with van der Waals surface area (Å²) in [4.78, 5) is 16.8. The largest absolute Gasteiger partial charge is 0.394 e. The van der Waals surface area contributed by atoms with Crippen LogP contribution in [0.1, 0.15) is 47.9 Å². The molecule has 132 valence electrons. The zero-order valence-corrected chi connectivity index (χ0v) is 14.2. The van der Waals surface area contributed by atoms with E-state index in [1.54, 1.807) is 10.7 Å². The molecule has 2 aliphatic carbocycles. The molecule has 7 heteroatoms. The maximum absolute atomic E-state index is 13.2. The molecule has 0 saturated heterocycles. The lowest BCUT2D eigenvalue weighted by atomic mass is 10.0. The Morgan fingerprint density at radius 1 is 1.48 bits per heavy atom. The van der Waals surface area contributed by atoms with Gasteiger partial charge in [-0.05, 0) is 36.8 Å². The molecule has 6 nitrogen and oxygen atoms in total. The molecule has 25 heavy (non-hydrogen) atoms. The van der Waals surface area contributed by atoms with E-state index in [1.807, 2.05) is 13.8 Å². The van der Waals surface area contributed by atoms with Crippen LogP contribution in [-0.4, -0.2) is 38.4 Å². The van der Waals surface area contributed by atoms with Gasteiger partial charge in [-0.15, -0.1) is 0 Å². The van der Waals surface area contributed by atoms with E-state index in [-0.39, 0.29) is 24.5 Å². The zero-order chi connectivity index (χ0) is 17.7. The number of nitrogens with zero attached hydrogens (tertiary/aromatic N) is 3. The minimum absolute atomic E-state index is 0.114. The standard InChI is InChI=1S/C18H21FN4O2/c1-9(2)14(8-24)21-18(25)16-13-6-10-5-12(10)17(13)23(22-16)15-4-3-11(19)7-20-15/h3-4,7,9-10,12,14,24H,5-6,8H2,1-2H3,(H,21,25)/t10-,12-,14-/m1/s1. The van der Waals surface area contributed by atoms with Crippen LogP contribution in [0.4, 0.5) is 4.39 Å². The Labute approximate surface area is 145 Å². The summed E-state index contributed by atoms with van der Waals surface area (Å²) in [5, 5.41) is 16.8. The van der Waals surface area contributed by atoms with Gasteiger partial charge in [0.1, 0.15) is 5.82 Å². The first-order valence-electron chi connectivity index (χ1n) is 8.65. The van der Waals surface area contributed by atoms with Gasteiger partial charge in [0.25, 0.3) is 5.91 Å². The first kappa shape index (κ1) is 16.2. The predicted octanol–water partition coefficient (Wildman–Crippen LogP) is 1.81. The molecule has 2 aromatic rings. The fourth-order valence-electron chi connectivity index (χ4n) is 3.63. The monoisotopic (exact) mass is 344 g/mol. The van der Waals surface area contributed by atoms with Gasteiger partial charge in [0.15, 0.2) is 11.5 Å². The summed E-state index contributed by atoms with van der Waals surface area (Å²) in [5.41, 5.74) is 2.39. The second-order valence-corrected chi connectivity index (χ2v) is 7.27. The third-order valence-electron chi connectivity index (χ3n) is 5.23. The highest BCUT2D eigenvalue weighted by atomic mass is 19.1. The van der Waals surface area contributed by atoms with Gasteiger partial charge in [0.2, 0.25) is 0 Å². The molecule has 3 atom stereocenters. The summed E-state index contributed by atoms with van der Waals surface area (Å²) in [6, 6.07) is 2.61. The van der Waals surface area contributed by atoms with Crippen LogP contribution in [0.5, 0.6) is 0 Å². The Kier molecular flexibility index (Phi) is 3.83. The molecule has 0 aliphatic heterocycles. The Bertz CT molecular complexity index is 815. The van der Waals surface area contributed by atoms with Crippen LogP contribution in [0, 0.1) is 17.7 Å². The van der Waals surface area contributed by atoms with Crippen LogP contribution in [0.25, 0.3) is 5.82 Å². The van der Waals surface area contributed by atoms with E-state index in [0.717, 1.165) is 30.3 Å². The number of carbonyl (C=O) groups is 1. The van der Waals surface area contributed by atoms with E-state index in [9.17, 15) is 14.3 Å². The van der Waals surface area contributed by atoms with Crippen molar-refractivity contribution >= 4 is 5.91 Å². The molecule has 0 aromatic carbocycles. The fraction of sp³-hybridized carbons (Fsp3) is 0.500. The van der Waals surface area contributed by atoms with E-state index >= 15 is 0 Å². The number of aliphatic hydroxyl groups excluding tert-OH is 1. The second kappa shape index (κ2) is 5.91. The minimum atomic E-state index is -0.405. The summed E-state index contributed by atoms with van der Waals surface area (Å²) < 4.78 is 14.9. The summed E-state index contributed by atoms with van der Waals surface area (Å²) in [5.74, 6) is 0.950. The third-order valence-corrected chi connectivity index (χ3v) is 5.23. The summed E-state index contributed by atoms with van der Waals surface area (Å²) in [6.07, 6.45) is 3.10. The summed E-state index contributed by atoms with van der Waals surface area (Å²) in [6.45, 7) is 3.78. The van der Waals surface area contributed by atoms with E-state index < -0.39 is 5.82 Å². The van der Waals surface area contributed by atoms with Crippen molar-refractivity contribution < 1.29 is 14.3 Å². The Morgan fingerprint density at radius 3 is 2.92 bits per heavy atom. The number of rotatable bonds is 5. The lowest BCUT2D eigenvalue weighted by Crippen LogP contribution is -2.41. The summed E-state index contributed by atoms with van der Waals surface area (Å²) >= 11 is 0. The number of nitrogens with one attached hydrogen (secondary N) is 1. The Hall–Kier alpha value is -2.28. The van der Waals surface area contributed by atoms with Gasteiger partial charge in [-0.25, -0.2) is 14.1 Å². The maximum atomic E-state index is 13.2. The number of aliphatic hydroxyl groups is 1. The first-order valence-corrected chi connectivity index (χ1v) is 8.65. The van der Waals surface area contributed by atoms with Gasteiger partial charge in [-0.2, -0.15) is 5.10 Å². The smallest absolute Gasteiger partial charge is 0.272 e. The molecule has 2 aromatic heterocycles. The molecule has 0 radical (unpaired) electrons. The molecular weight excluding hydrogens is 323 g/mol. The number of carbonyl (C=O) groups excluding carboxylic acids is 1. The molecule has 1 amide bonds. The number of fused-ring (bicyclic) bond motifs is 3. The van der Waals surface area contributed by atoms with Gasteiger partial charge in [-0.3, -0.25) is 4.79 Å². The van der Waals surface area contributed by atoms with Crippen molar-refractivity contribution in [3.05, 3.63) is 41.1 Å². The van der Waals surface area contributed by atoms with Gasteiger partial charge in [0, 0.05) is 11.5 Å². The SMILES string of the molecule is CC(C)[C@@H](CO)NC(=O)c1nn(-c2ccc(F)cn2)c2c1C[C@H]1C[C@@H]21. The van der Waals surface area contributed by atoms with Gasteiger partial charge in [0.05, 0.1) is 24.5 Å². The van der Waals surface area contributed by atoms with Crippen molar-refractivity contribution in [2.75, 3.05) is 6.61 Å². The highest BCUT2D eigenvalue weighted by Crippen LogP contribution is 2.57. The van der Waals surface area contributed by atoms with E-state index in [0.29, 0.717) is 23.3 Å². The lowest BCUT2D eigenvalue weighted by molar-refractivity contribution is 0.0890. The van der Waals surface area contributed by atoms with Crippen molar-refractivity contribution in [2.24, 2.45) is 11.8 Å². The minimum Gasteiger partial charge on any atom is -0.394 e. The number of pyridine rings is 1. The van der Waals surface area contributed by atoms with Crippen molar-refractivity contribution in [2.45, 2.75) is 38.6 Å². The lowest BCUT2D eigenvalue weighted by Gasteiger charge is -2.19. The molecular formula is C18H21FN4O2. The average molecular weight is 344 g/mol. The normalized spacial score (nSPS) is 21.8. The van der Waals surface area contributed by atoms with Gasteiger partial charge < -0.3 is 10.4 Å². The van der Waals surface area contributed by atoms with E-state index in [2.05, 4.69) is 15.4 Å². The van der Waals surface area contributed by atoms with Crippen LogP contribution in [0.2, 0.25) is 0 Å². The highest BCUT2D eigenvalue weighted by molar-refractivity contribution is 5.94. The molecule has 2 heterocycles. The van der Waals surface area contributed by atoms with Crippen molar-refractivity contribution in [1.82, 2.24) is 20.1 Å². The van der Waals surface area contributed by atoms with E-state index in [4.69, 9.17) is 0 Å². The Morgan fingerprint density at radius 2 is 2.28 bits per heavy atom. The molecule has 4 rings (SSSR count). The van der Waals surface area contributed by atoms with Crippen molar-refractivity contribution in [1.29, 1.82) is 0 Å². The average Bonchev–Trinajstić information content (AvgIpc) is 3.09. The molecule has 1 saturated carbocycles. The van der Waals surface area contributed by atoms with Crippen LogP contribution in [0.15, 0.2) is 18.3 Å². The van der Waals surface area contributed by atoms with Crippen molar-refractivity contribution in [3.63, 3.8) is 0 Å². The van der Waals surface area contributed by atoms with Gasteiger partial charge in [-0.1, -0.05) is 13.8 Å². The van der Waals surface area contributed by atoms with E-state index in [1.165, 1.54) is 6.07 Å². The quantitative estimate of drug-likeness (QED) is 0.867. The molecule has 0 bridgehead atoms. The molecule has 1 fully saturated rings. The highest BCUT2D eigenvalue weighted by Gasteiger charge is 2.50. The maximum Gasteiger partial charge on any atom is 0.272 e. The number of hydrogen-bond acceptors (Lipinski definition) is 4. The fourth-order valence-corrected chi connectivity index (χ4v) is 3.63. The van der Waals surface area contributed by atoms with Gasteiger partial charge >= 0.3 is 0 Å². The number of aromatic nitrogens is 3. The second-order valence-electron chi connectivity index (χ2n) is 7.27. The molecule has 0 spiro atoms. The zero-order valence-electron chi connectivity index (χ0n) is 14.2. The van der Waals surface area contributed by atoms with Crippen LogP contribution in [0.3, 0.4) is 0 Å². The van der Waals surface area contributed by atoms with Crippen molar-refractivity contribution in [3.8, 4) is 5.82 Å². The molecule has 2 aliphatic rings. The summed E-state index contributed by atoms with van der Waals surface area (Å²) in [7, 11) is 0. The van der Waals surface area contributed by atoms with Crippen LogP contribution >= 0.6 is 0 Å². The number of halogens is 1.